The molecule has 0 saturated heterocycles. The summed E-state index contributed by atoms with van der Waals surface area (Å²) in [5.74, 6) is -1.73. The standard InChI is InChI=1S/C38H70O6/c1-7-13-17-19-21-23-27-33(39)37(29-11-5,31-25-15-9-3)35(41)43-44-36(42)38(30-12-6,32-26-16-10-4)34(40)28-24-22-20-18-14-8-2/h7-32H2,1-6H3. The molecular weight excluding hydrogens is 552 g/mol. The third kappa shape index (κ3) is 15.5. The fourth-order valence-corrected chi connectivity index (χ4v) is 6.50. The molecule has 0 rings (SSSR count). The average molecular weight is 623 g/mol. The van der Waals surface area contributed by atoms with Gasteiger partial charge in [0.25, 0.3) is 0 Å². The van der Waals surface area contributed by atoms with Crippen LogP contribution in [-0.4, -0.2) is 23.5 Å². The molecule has 0 radical (unpaired) electrons. The van der Waals surface area contributed by atoms with E-state index >= 15 is 0 Å². The number of hydrogen-bond acceptors (Lipinski definition) is 6. The van der Waals surface area contributed by atoms with Crippen LogP contribution >= 0.6 is 0 Å². The second-order valence-corrected chi connectivity index (χ2v) is 13.2. The van der Waals surface area contributed by atoms with Crippen LogP contribution in [0.1, 0.15) is 208 Å². The Hall–Kier alpha value is -1.72. The van der Waals surface area contributed by atoms with E-state index in [0.717, 1.165) is 89.9 Å². The normalized spacial score (nSPS) is 14.0. The van der Waals surface area contributed by atoms with Crippen molar-refractivity contribution in [1.29, 1.82) is 0 Å². The van der Waals surface area contributed by atoms with E-state index in [1.807, 2.05) is 13.8 Å². The molecule has 0 spiro atoms. The number of carbonyl (C=O) groups excluding carboxylic acids is 4. The summed E-state index contributed by atoms with van der Waals surface area (Å²) >= 11 is 0. The van der Waals surface area contributed by atoms with Gasteiger partial charge in [-0.25, -0.2) is 19.4 Å². The fourth-order valence-electron chi connectivity index (χ4n) is 6.50. The maximum atomic E-state index is 13.8. The van der Waals surface area contributed by atoms with E-state index in [1.54, 1.807) is 0 Å². The van der Waals surface area contributed by atoms with Gasteiger partial charge in [-0.05, 0) is 38.5 Å². The van der Waals surface area contributed by atoms with Crippen molar-refractivity contribution in [3.05, 3.63) is 0 Å². The number of Topliss-reactive ketones (excluding diaryl/α,β-unsaturated/α-hetero) is 2. The molecule has 0 aromatic rings. The Morgan fingerprint density at radius 1 is 0.364 bits per heavy atom. The van der Waals surface area contributed by atoms with Gasteiger partial charge < -0.3 is 0 Å². The summed E-state index contributed by atoms with van der Waals surface area (Å²) in [5, 5.41) is 0. The Kier molecular flexibility index (Phi) is 25.5. The van der Waals surface area contributed by atoms with Crippen LogP contribution < -0.4 is 0 Å². The van der Waals surface area contributed by atoms with E-state index in [4.69, 9.17) is 9.78 Å². The van der Waals surface area contributed by atoms with Crippen LogP contribution in [0.15, 0.2) is 0 Å². The lowest BCUT2D eigenvalue weighted by Gasteiger charge is -2.31. The van der Waals surface area contributed by atoms with Gasteiger partial charge in [0, 0.05) is 12.8 Å². The van der Waals surface area contributed by atoms with Crippen molar-refractivity contribution in [3.8, 4) is 0 Å². The minimum atomic E-state index is -1.31. The van der Waals surface area contributed by atoms with Crippen LogP contribution in [0.5, 0.6) is 0 Å². The van der Waals surface area contributed by atoms with E-state index in [9.17, 15) is 19.2 Å². The molecule has 0 saturated carbocycles. The molecule has 0 amide bonds. The van der Waals surface area contributed by atoms with Crippen molar-refractivity contribution in [1.82, 2.24) is 0 Å². The molecule has 0 heterocycles. The summed E-state index contributed by atoms with van der Waals surface area (Å²) in [6, 6.07) is 0. The minimum Gasteiger partial charge on any atom is -0.298 e. The van der Waals surface area contributed by atoms with Gasteiger partial charge in [-0.2, -0.15) is 0 Å². The Balaban J connectivity index is 5.85. The lowest BCUT2D eigenvalue weighted by atomic mass is 9.73. The van der Waals surface area contributed by atoms with Gasteiger partial charge in [-0.1, -0.05) is 157 Å². The van der Waals surface area contributed by atoms with Crippen molar-refractivity contribution < 1.29 is 29.0 Å². The van der Waals surface area contributed by atoms with Gasteiger partial charge in [0.1, 0.15) is 22.4 Å². The highest BCUT2D eigenvalue weighted by molar-refractivity contribution is 6.05. The summed E-state index contributed by atoms with van der Waals surface area (Å²) in [7, 11) is 0. The SMILES string of the molecule is CCCCCCCCC(=O)C(CCC)(CCCCC)C(=O)OOC(=O)C(CCC)(CCCCC)C(=O)CCCCCCCC. The Labute approximate surface area is 271 Å². The van der Waals surface area contributed by atoms with E-state index in [1.165, 1.54) is 25.7 Å². The molecule has 44 heavy (non-hydrogen) atoms. The zero-order chi connectivity index (χ0) is 33.1. The molecule has 0 aromatic heterocycles. The van der Waals surface area contributed by atoms with Crippen LogP contribution in [0.2, 0.25) is 0 Å². The van der Waals surface area contributed by atoms with Crippen molar-refractivity contribution in [3.63, 3.8) is 0 Å². The van der Waals surface area contributed by atoms with Gasteiger partial charge in [0.05, 0.1) is 0 Å². The van der Waals surface area contributed by atoms with Crippen molar-refractivity contribution in [2.24, 2.45) is 10.8 Å². The summed E-state index contributed by atoms with van der Waals surface area (Å²) in [4.78, 5) is 65.7. The van der Waals surface area contributed by atoms with Gasteiger partial charge in [0.2, 0.25) is 0 Å². The van der Waals surface area contributed by atoms with Crippen LogP contribution in [-0.2, 0) is 29.0 Å². The van der Waals surface area contributed by atoms with E-state index < -0.39 is 22.8 Å². The van der Waals surface area contributed by atoms with E-state index in [-0.39, 0.29) is 11.6 Å². The second-order valence-electron chi connectivity index (χ2n) is 13.2. The molecule has 2 unspecified atom stereocenters. The minimum absolute atomic E-state index is 0.103. The monoisotopic (exact) mass is 623 g/mol. The quantitative estimate of drug-likeness (QED) is 0.0343. The molecule has 258 valence electrons. The largest absolute Gasteiger partial charge is 0.369 e. The van der Waals surface area contributed by atoms with Crippen LogP contribution in [0, 0.1) is 10.8 Å². The highest BCUT2D eigenvalue weighted by atomic mass is 17.2. The first-order chi connectivity index (χ1) is 21.3. The number of hydrogen-bond donors (Lipinski definition) is 0. The van der Waals surface area contributed by atoms with Gasteiger partial charge >= 0.3 is 11.9 Å². The lowest BCUT2D eigenvalue weighted by Crippen LogP contribution is -2.44. The number of unbranched alkanes of at least 4 members (excludes halogenated alkanes) is 14. The average Bonchev–Trinajstić information content (AvgIpc) is 3.01. The Morgan fingerprint density at radius 2 is 0.659 bits per heavy atom. The maximum absolute atomic E-state index is 13.8. The zero-order valence-corrected chi connectivity index (χ0v) is 29.8. The Morgan fingerprint density at radius 3 is 0.977 bits per heavy atom. The molecule has 6 nitrogen and oxygen atoms in total. The predicted octanol–water partition coefficient (Wildman–Crippen LogP) is 11.4. The van der Waals surface area contributed by atoms with Crippen LogP contribution in [0.3, 0.4) is 0 Å². The van der Waals surface area contributed by atoms with E-state index in [0.29, 0.717) is 51.4 Å². The summed E-state index contributed by atoms with van der Waals surface area (Å²) in [5.41, 5.74) is -2.63. The third-order valence-electron chi connectivity index (χ3n) is 9.32. The Bertz CT molecular complexity index is 713. The molecule has 0 aliphatic heterocycles. The highest BCUT2D eigenvalue weighted by Gasteiger charge is 2.49. The summed E-state index contributed by atoms with van der Waals surface area (Å²) in [6.07, 6.45) is 21.3. The lowest BCUT2D eigenvalue weighted by molar-refractivity contribution is -0.273. The van der Waals surface area contributed by atoms with Crippen LogP contribution in [0.25, 0.3) is 0 Å². The zero-order valence-electron chi connectivity index (χ0n) is 29.8. The van der Waals surface area contributed by atoms with Gasteiger partial charge in [0.15, 0.2) is 0 Å². The fraction of sp³-hybridized carbons (Fsp3) is 0.895. The smallest absolute Gasteiger partial charge is 0.298 e. The van der Waals surface area contributed by atoms with Crippen molar-refractivity contribution in [2.45, 2.75) is 208 Å². The number of ketones is 2. The third-order valence-corrected chi connectivity index (χ3v) is 9.32. The number of rotatable bonds is 30. The van der Waals surface area contributed by atoms with Gasteiger partial charge in [-0.15, -0.1) is 0 Å². The molecule has 0 aromatic carbocycles. The first-order valence-corrected chi connectivity index (χ1v) is 18.8. The second kappa shape index (κ2) is 26.5. The predicted molar refractivity (Wildman–Crippen MR) is 181 cm³/mol. The molecular formula is C38H70O6. The first kappa shape index (κ1) is 42.3. The van der Waals surface area contributed by atoms with Crippen molar-refractivity contribution in [2.75, 3.05) is 0 Å². The molecule has 2 atom stereocenters. The summed E-state index contributed by atoms with van der Waals surface area (Å²) < 4.78 is 0. The molecule has 0 aliphatic carbocycles. The van der Waals surface area contributed by atoms with Gasteiger partial charge in [-0.3, -0.25) is 9.59 Å². The topological polar surface area (TPSA) is 86.7 Å². The summed E-state index contributed by atoms with van der Waals surface area (Å²) in [6.45, 7) is 12.5. The molecule has 0 aliphatic rings. The molecule has 0 bridgehead atoms. The molecule has 0 N–H and O–H groups in total. The van der Waals surface area contributed by atoms with Crippen LogP contribution in [0.4, 0.5) is 0 Å². The molecule has 0 fully saturated rings. The number of carbonyl (C=O) groups is 4. The molecule has 6 heteroatoms. The first-order valence-electron chi connectivity index (χ1n) is 18.8. The van der Waals surface area contributed by atoms with E-state index in [2.05, 4.69) is 27.7 Å². The van der Waals surface area contributed by atoms with Crippen molar-refractivity contribution >= 4 is 23.5 Å². The maximum Gasteiger partial charge on any atom is 0.369 e. The highest BCUT2D eigenvalue weighted by Crippen LogP contribution is 2.38.